The molecule has 0 spiro atoms. The second-order valence-electron chi connectivity index (χ2n) is 5.23. The molecule has 2 aromatic rings. The molecule has 1 aromatic carbocycles. The first-order valence-electron chi connectivity index (χ1n) is 7.17. The van der Waals surface area contributed by atoms with Crippen molar-refractivity contribution in [1.29, 1.82) is 0 Å². The van der Waals surface area contributed by atoms with Gasteiger partial charge in [0.1, 0.15) is 0 Å². The van der Waals surface area contributed by atoms with E-state index in [1.54, 1.807) is 18.2 Å². The number of anilines is 1. The van der Waals surface area contributed by atoms with Crippen molar-refractivity contribution in [3.05, 3.63) is 41.4 Å². The zero-order valence-electron chi connectivity index (χ0n) is 11.9. The van der Waals surface area contributed by atoms with Crippen molar-refractivity contribution in [2.75, 3.05) is 18.0 Å². The van der Waals surface area contributed by atoms with E-state index in [4.69, 9.17) is 11.6 Å². The molecule has 0 atom stereocenters. The minimum absolute atomic E-state index is 0.0458. The van der Waals surface area contributed by atoms with E-state index >= 15 is 0 Å². The highest BCUT2D eigenvalue weighted by Crippen LogP contribution is 2.22. The number of hydrogen-bond donors (Lipinski definition) is 0. The molecule has 0 unspecified atom stereocenters. The van der Waals surface area contributed by atoms with E-state index in [0.717, 1.165) is 31.7 Å². The van der Waals surface area contributed by atoms with E-state index < -0.39 is 9.84 Å². The molecule has 0 aliphatic carbocycles. The van der Waals surface area contributed by atoms with Crippen LogP contribution in [0.2, 0.25) is 5.02 Å². The summed E-state index contributed by atoms with van der Waals surface area (Å²) in [5.74, 6) is 0.731. The van der Waals surface area contributed by atoms with E-state index in [0.29, 0.717) is 5.02 Å². The molecule has 0 saturated carbocycles. The Kier molecular flexibility index (Phi) is 4.31. The molecule has 1 saturated heterocycles. The van der Waals surface area contributed by atoms with Gasteiger partial charge in [0.05, 0.1) is 4.90 Å². The van der Waals surface area contributed by atoms with Gasteiger partial charge in [0.2, 0.25) is 9.84 Å². The molecule has 1 aliphatic heterocycles. The maximum atomic E-state index is 12.5. The third kappa shape index (κ3) is 3.08. The van der Waals surface area contributed by atoms with Gasteiger partial charge in [0, 0.05) is 18.1 Å². The van der Waals surface area contributed by atoms with Crippen molar-refractivity contribution in [3.63, 3.8) is 0 Å². The summed E-state index contributed by atoms with van der Waals surface area (Å²) in [6, 6.07) is 9.27. The van der Waals surface area contributed by atoms with Gasteiger partial charge in [0.25, 0.3) is 0 Å². The highest BCUT2D eigenvalue weighted by molar-refractivity contribution is 7.91. The number of aromatic nitrogens is 2. The van der Waals surface area contributed by atoms with E-state index in [-0.39, 0.29) is 9.92 Å². The van der Waals surface area contributed by atoms with Crippen LogP contribution in [0.3, 0.4) is 0 Å². The molecule has 7 heteroatoms. The summed E-state index contributed by atoms with van der Waals surface area (Å²) >= 11 is 5.79. The van der Waals surface area contributed by atoms with E-state index in [9.17, 15) is 8.42 Å². The van der Waals surface area contributed by atoms with Gasteiger partial charge in [-0.1, -0.05) is 11.6 Å². The second kappa shape index (κ2) is 6.22. The number of hydrogen-bond acceptors (Lipinski definition) is 5. The van der Waals surface area contributed by atoms with Crippen molar-refractivity contribution in [1.82, 2.24) is 10.2 Å². The van der Waals surface area contributed by atoms with Gasteiger partial charge in [-0.25, -0.2) is 8.42 Å². The van der Waals surface area contributed by atoms with Crippen molar-refractivity contribution < 1.29 is 8.42 Å². The van der Waals surface area contributed by atoms with Crippen molar-refractivity contribution in [2.24, 2.45) is 0 Å². The fourth-order valence-electron chi connectivity index (χ4n) is 2.48. The predicted molar refractivity (Wildman–Crippen MR) is 85.0 cm³/mol. The maximum absolute atomic E-state index is 12.5. The summed E-state index contributed by atoms with van der Waals surface area (Å²) in [7, 11) is -3.65. The van der Waals surface area contributed by atoms with Gasteiger partial charge in [-0.05, 0) is 55.7 Å². The molecule has 1 aromatic heterocycles. The largest absolute Gasteiger partial charge is 0.355 e. The number of rotatable bonds is 3. The third-order valence-corrected chi connectivity index (χ3v) is 5.62. The van der Waals surface area contributed by atoms with Gasteiger partial charge in [0.15, 0.2) is 10.8 Å². The Morgan fingerprint density at radius 3 is 2.18 bits per heavy atom. The lowest BCUT2D eigenvalue weighted by atomic mass is 10.1. The highest BCUT2D eigenvalue weighted by Gasteiger charge is 2.21. The molecule has 2 heterocycles. The summed E-state index contributed by atoms with van der Waals surface area (Å²) in [6.45, 7) is 1.88. The van der Waals surface area contributed by atoms with E-state index in [1.165, 1.54) is 24.6 Å². The molecule has 0 N–H and O–H groups in total. The highest BCUT2D eigenvalue weighted by atomic mass is 35.5. The Morgan fingerprint density at radius 1 is 0.909 bits per heavy atom. The molecule has 116 valence electrons. The number of nitrogens with zero attached hydrogens (tertiary/aromatic N) is 3. The Labute approximate surface area is 134 Å². The van der Waals surface area contributed by atoms with Crippen LogP contribution in [0, 0.1) is 0 Å². The van der Waals surface area contributed by atoms with Gasteiger partial charge < -0.3 is 4.90 Å². The molecule has 0 radical (unpaired) electrons. The van der Waals surface area contributed by atoms with Crippen LogP contribution in [0.1, 0.15) is 19.3 Å². The van der Waals surface area contributed by atoms with E-state index in [2.05, 4.69) is 15.1 Å². The van der Waals surface area contributed by atoms with Crippen LogP contribution in [-0.4, -0.2) is 31.7 Å². The van der Waals surface area contributed by atoms with E-state index in [1.807, 2.05) is 0 Å². The van der Waals surface area contributed by atoms with Crippen LogP contribution in [0.4, 0.5) is 5.82 Å². The predicted octanol–water partition coefficient (Wildman–Crippen LogP) is 2.95. The lowest BCUT2D eigenvalue weighted by Crippen LogP contribution is -2.30. The Balaban J connectivity index is 1.86. The zero-order chi connectivity index (χ0) is 15.6. The average Bonchev–Trinajstić information content (AvgIpc) is 2.56. The first-order chi connectivity index (χ1) is 10.6. The second-order valence-corrected chi connectivity index (χ2v) is 7.57. The molecule has 1 aliphatic rings. The smallest absolute Gasteiger partial charge is 0.225 e. The third-order valence-electron chi connectivity index (χ3n) is 3.71. The summed E-state index contributed by atoms with van der Waals surface area (Å²) in [6.07, 6.45) is 3.49. The summed E-state index contributed by atoms with van der Waals surface area (Å²) in [5, 5.41) is 8.44. The Bertz CT molecular complexity index is 739. The van der Waals surface area contributed by atoms with Gasteiger partial charge in [-0.15, -0.1) is 10.2 Å². The Hall–Kier alpha value is -1.66. The molecule has 0 bridgehead atoms. The lowest BCUT2D eigenvalue weighted by Gasteiger charge is -2.27. The SMILES string of the molecule is O=S(=O)(c1ccc(Cl)cc1)c1ccc(N2CCCCC2)nn1. The number of benzene rings is 1. The maximum Gasteiger partial charge on any atom is 0.225 e. The topological polar surface area (TPSA) is 63.2 Å². The first-order valence-corrected chi connectivity index (χ1v) is 9.03. The normalized spacial score (nSPS) is 15.8. The van der Waals surface area contributed by atoms with Gasteiger partial charge >= 0.3 is 0 Å². The summed E-state index contributed by atoms with van der Waals surface area (Å²) in [4.78, 5) is 2.30. The number of sulfone groups is 1. The van der Waals surface area contributed by atoms with Crippen LogP contribution < -0.4 is 4.90 Å². The standard InChI is InChI=1S/C15H16ClN3O2S/c16-12-4-6-13(7-5-12)22(20,21)15-9-8-14(17-18-15)19-10-2-1-3-11-19/h4-9H,1-3,10-11H2. The van der Waals surface area contributed by atoms with Crippen molar-refractivity contribution in [3.8, 4) is 0 Å². The summed E-state index contributed by atoms with van der Waals surface area (Å²) < 4.78 is 24.9. The van der Waals surface area contributed by atoms with Crippen LogP contribution >= 0.6 is 11.6 Å². The van der Waals surface area contributed by atoms with Crippen LogP contribution in [0.15, 0.2) is 46.3 Å². The minimum atomic E-state index is -3.65. The quantitative estimate of drug-likeness (QED) is 0.861. The average molecular weight is 338 g/mol. The monoisotopic (exact) mass is 337 g/mol. The summed E-state index contributed by atoms with van der Waals surface area (Å²) in [5.41, 5.74) is 0. The van der Waals surface area contributed by atoms with Crippen molar-refractivity contribution in [2.45, 2.75) is 29.2 Å². The molecular weight excluding hydrogens is 322 g/mol. The Morgan fingerprint density at radius 2 is 1.59 bits per heavy atom. The molecule has 1 fully saturated rings. The van der Waals surface area contributed by atoms with Gasteiger partial charge in [-0.2, -0.15) is 0 Å². The van der Waals surface area contributed by atoms with Crippen LogP contribution in [0.25, 0.3) is 0 Å². The van der Waals surface area contributed by atoms with Crippen LogP contribution in [0.5, 0.6) is 0 Å². The molecule has 22 heavy (non-hydrogen) atoms. The fourth-order valence-corrected chi connectivity index (χ4v) is 3.74. The molecular formula is C15H16ClN3O2S. The molecule has 3 rings (SSSR count). The number of piperidine rings is 1. The lowest BCUT2D eigenvalue weighted by molar-refractivity contribution is 0.568. The van der Waals surface area contributed by atoms with Crippen molar-refractivity contribution >= 4 is 27.3 Å². The molecule has 5 nitrogen and oxygen atoms in total. The number of halogens is 1. The zero-order valence-corrected chi connectivity index (χ0v) is 13.5. The molecule has 0 amide bonds. The minimum Gasteiger partial charge on any atom is -0.355 e. The van der Waals surface area contributed by atoms with Crippen LogP contribution in [-0.2, 0) is 9.84 Å². The van der Waals surface area contributed by atoms with Gasteiger partial charge in [-0.3, -0.25) is 0 Å². The fraction of sp³-hybridized carbons (Fsp3) is 0.333. The first kappa shape index (κ1) is 15.2.